The molecule has 0 heterocycles. The SMILES string of the molecule is COc1cc(Br)cc(N=C(N)N=C(N)N)c1C. The first kappa shape index (κ1) is 13.3. The van der Waals surface area contributed by atoms with E-state index in [1.54, 1.807) is 13.2 Å². The van der Waals surface area contributed by atoms with E-state index in [-0.39, 0.29) is 11.9 Å². The lowest BCUT2D eigenvalue weighted by molar-refractivity contribution is 0.411. The summed E-state index contributed by atoms with van der Waals surface area (Å²) in [6.45, 7) is 1.87. The molecule has 0 fully saturated rings. The third-order valence-electron chi connectivity index (χ3n) is 2.00. The fourth-order valence-corrected chi connectivity index (χ4v) is 1.67. The number of hydrogen-bond acceptors (Lipinski definition) is 2. The number of methoxy groups -OCH3 is 1. The molecule has 0 bridgehead atoms. The Labute approximate surface area is 108 Å². The highest BCUT2D eigenvalue weighted by Gasteiger charge is 2.06. The molecule has 0 aliphatic carbocycles. The summed E-state index contributed by atoms with van der Waals surface area (Å²) in [5.74, 6) is 0.565. The number of rotatable bonds is 2. The van der Waals surface area contributed by atoms with Crippen molar-refractivity contribution in [3.63, 3.8) is 0 Å². The molecule has 0 aromatic heterocycles. The molecule has 0 spiro atoms. The number of nitrogens with two attached hydrogens (primary N) is 3. The first-order valence-corrected chi connectivity index (χ1v) is 5.51. The Bertz CT molecular complexity index is 480. The minimum atomic E-state index is -0.133. The first-order chi connectivity index (χ1) is 7.93. The largest absolute Gasteiger partial charge is 0.496 e. The summed E-state index contributed by atoms with van der Waals surface area (Å²) in [5, 5.41) is 0. The van der Waals surface area contributed by atoms with Crippen molar-refractivity contribution in [3.8, 4) is 5.75 Å². The molecule has 7 heteroatoms. The Hall–Kier alpha value is -1.76. The Morgan fingerprint density at radius 3 is 2.47 bits per heavy atom. The summed E-state index contributed by atoms with van der Waals surface area (Å²) >= 11 is 3.35. The Kier molecular flexibility index (Phi) is 4.33. The minimum Gasteiger partial charge on any atom is -0.496 e. The molecule has 0 saturated carbocycles. The molecule has 1 aromatic rings. The summed E-state index contributed by atoms with van der Waals surface area (Å²) in [6, 6.07) is 3.64. The topological polar surface area (TPSA) is 112 Å². The molecule has 92 valence electrons. The van der Waals surface area contributed by atoms with E-state index in [2.05, 4.69) is 25.9 Å². The third-order valence-corrected chi connectivity index (χ3v) is 2.45. The van der Waals surface area contributed by atoms with E-state index >= 15 is 0 Å². The zero-order valence-electron chi connectivity index (χ0n) is 9.57. The average molecular weight is 300 g/mol. The number of guanidine groups is 2. The van der Waals surface area contributed by atoms with Crippen LogP contribution in [-0.2, 0) is 0 Å². The van der Waals surface area contributed by atoms with Crippen LogP contribution in [0.25, 0.3) is 0 Å². The second kappa shape index (κ2) is 5.53. The summed E-state index contributed by atoms with van der Waals surface area (Å²) < 4.78 is 6.03. The molecule has 1 rings (SSSR count). The van der Waals surface area contributed by atoms with E-state index in [4.69, 9.17) is 21.9 Å². The average Bonchev–Trinajstić information content (AvgIpc) is 2.21. The van der Waals surface area contributed by atoms with Gasteiger partial charge in [-0.15, -0.1) is 0 Å². The molecule has 0 radical (unpaired) electrons. The quantitative estimate of drug-likeness (QED) is 0.558. The van der Waals surface area contributed by atoms with E-state index in [9.17, 15) is 0 Å². The minimum absolute atomic E-state index is 0.00625. The molecule has 0 unspecified atom stereocenters. The van der Waals surface area contributed by atoms with E-state index < -0.39 is 0 Å². The number of ether oxygens (including phenoxy) is 1. The zero-order valence-corrected chi connectivity index (χ0v) is 11.2. The molecular weight excluding hydrogens is 286 g/mol. The van der Waals surface area contributed by atoms with Crippen LogP contribution in [0.1, 0.15) is 5.56 Å². The van der Waals surface area contributed by atoms with Crippen LogP contribution in [0.2, 0.25) is 0 Å². The van der Waals surface area contributed by atoms with Gasteiger partial charge in [0.05, 0.1) is 12.8 Å². The molecule has 17 heavy (non-hydrogen) atoms. The smallest absolute Gasteiger partial charge is 0.223 e. The summed E-state index contributed by atoms with van der Waals surface area (Å²) in [5.41, 5.74) is 17.5. The van der Waals surface area contributed by atoms with Gasteiger partial charge >= 0.3 is 0 Å². The standard InChI is InChI=1S/C10H14BrN5O/c1-5-7(15-10(14)16-9(12)13)3-6(11)4-8(5)17-2/h3-4H,1-2H3,(H6,12,13,14,15,16). The van der Waals surface area contributed by atoms with Gasteiger partial charge in [-0.25, -0.2) is 4.99 Å². The van der Waals surface area contributed by atoms with Crippen LogP contribution >= 0.6 is 15.9 Å². The van der Waals surface area contributed by atoms with E-state index in [0.29, 0.717) is 11.4 Å². The van der Waals surface area contributed by atoms with E-state index in [1.807, 2.05) is 13.0 Å². The van der Waals surface area contributed by atoms with Crippen molar-refractivity contribution in [1.29, 1.82) is 0 Å². The van der Waals surface area contributed by atoms with Crippen molar-refractivity contribution in [2.45, 2.75) is 6.92 Å². The van der Waals surface area contributed by atoms with Gasteiger partial charge in [-0.3, -0.25) is 0 Å². The van der Waals surface area contributed by atoms with Gasteiger partial charge in [0.1, 0.15) is 5.75 Å². The maximum atomic E-state index is 5.56. The zero-order chi connectivity index (χ0) is 13.0. The molecule has 0 aliphatic heterocycles. The Morgan fingerprint density at radius 2 is 1.94 bits per heavy atom. The maximum absolute atomic E-state index is 5.56. The van der Waals surface area contributed by atoms with Crippen molar-refractivity contribution in [1.82, 2.24) is 0 Å². The molecule has 0 atom stereocenters. The van der Waals surface area contributed by atoms with Crippen molar-refractivity contribution in [2.75, 3.05) is 7.11 Å². The van der Waals surface area contributed by atoms with Crippen LogP contribution in [0.5, 0.6) is 5.75 Å². The van der Waals surface area contributed by atoms with Crippen molar-refractivity contribution in [3.05, 3.63) is 22.2 Å². The van der Waals surface area contributed by atoms with Crippen molar-refractivity contribution >= 4 is 33.5 Å². The Morgan fingerprint density at radius 1 is 1.29 bits per heavy atom. The fraction of sp³-hybridized carbons (Fsp3) is 0.200. The van der Waals surface area contributed by atoms with Crippen LogP contribution in [0.3, 0.4) is 0 Å². The summed E-state index contributed by atoms with van der Waals surface area (Å²) in [7, 11) is 1.58. The first-order valence-electron chi connectivity index (χ1n) is 4.72. The van der Waals surface area contributed by atoms with Crippen LogP contribution in [-0.4, -0.2) is 19.0 Å². The maximum Gasteiger partial charge on any atom is 0.223 e. The number of aliphatic imine (C=N–C) groups is 2. The lowest BCUT2D eigenvalue weighted by atomic mass is 10.2. The second-order valence-corrected chi connectivity index (χ2v) is 4.17. The van der Waals surface area contributed by atoms with Crippen LogP contribution in [0, 0.1) is 6.92 Å². The molecule has 0 amide bonds. The van der Waals surface area contributed by atoms with Gasteiger partial charge in [-0.1, -0.05) is 15.9 Å². The van der Waals surface area contributed by atoms with Gasteiger partial charge < -0.3 is 21.9 Å². The predicted molar refractivity (Wildman–Crippen MR) is 72.5 cm³/mol. The summed E-state index contributed by atoms with van der Waals surface area (Å²) in [6.07, 6.45) is 0. The molecule has 6 nitrogen and oxygen atoms in total. The van der Waals surface area contributed by atoms with Gasteiger partial charge in [0.2, 0.25) is 5.96 Å². The Balaban J connectivity index is 3.23. The number of hydrogen-bond donors (Lipinski definition) is 3. The van der Waals surface area contributed by atoms with Crippen LogP contribution in [0.15, 0.2) is 26.6 Å². The van der Waals surface area contributed by atoms with E-state index in [0.717, 1.165) is 10.0 Å². The molecule has 1 aromatic carbocycles. The second-order valence-electron chi connectivity index (χ2n) is 3.26. The number of nitrogens with zero attached hydrogens (tertiary/aromatic N) is 2. The number of halogens is 1. The van der Waals surface area contributed by atoms with Crippen molar-refractivity contribution in [2.24, 2.45) is 27.2 Å². The molecule has 6 N–H and O–H groups in total. The third kappa shape index (κ3) is 3.63. The number of benzene rings is 1. The van der Waals surface area contributed by atoms with Crippen LogP contribution in [0.4, 0.5) is 5.69 Å². The highest BCUT2D eigenvalue weighted by Crippen LogP contribution is 2.32. The monoisotopic (exact) mass is 299 g/mol. The summed E-state index contributed by atoms with van der Waals surface area (Å²) in [4.78, 5) is 7.75. The molecule has 0 aliphatic rings. The highest BCUT2D eigenvalue weighted by atomic mass is 79.9. The molecule has 0 saturated heterocycles. The van der Waals surface area contributed by atoms with Crippen molar-refractivity contribution < 1.29 is 4.74 Å². The van der Waals surface area contributed by atoms with E-state index in [1.165, 1.54) is 0 Å². The molecular formula is C10H14BrN5O. The van der Waals surface area contributed by atoms with Gasteiger partial charge in [0.25, 0.3) is 0 Å². The van der Waals surface area contributed by atoms with Gasteiger partial charge in [-0.05, 0) is 19.1 Å². The van der Waals surface area contributed by atoms with Gasteiger partial charge in [0.15, 0.2) is 5.96 Å². The normalized spacial score (nSPS) is 11.1. The highest BCUT2D eigenvalue weighted by molar-refractivity contribution is 9.10. The fourth-order valence-electron chi connectivity index (χ4n) is 1.25. The lowest BCUT2D eigenvalue weighted by Crippen LogP contribution is -2.26. The van der Waals surface area contributed by atoms with Crippen LogP contribution < -0.4 is 21.9 Å². The van der Waals surface area contributed by atoms with Gasteiger partial charge in [0, 0.05) is 10.0 Å². The predicted octanol–water partition coefficient (Wildman–Crippen LogP) is 0.986. The lowest BCUT2D eigenvalue weighted by Gasteiger charge is -2.08. The van der Waals surface area contributed by atoms with Gasteiger partial charge in [-0.2, -0.15) is 4.99 Å².